The van der Waals surface area contributed by atoms with Crippen LogP contribution in [-0.4, -0.2) is 31.1 Å². The van der Waals surface area contributed by atoms with Gasteiger partial charge in [-0.1, -0.05) is 20.3 Å². The standard InChI is InChI=1S/C13H26O3S/c1-3-8-17(15,16)9-7-12-10-11(4-2)5-6-13(12)14/h11-14H,3-10H2,1-2H3. The van der Waals surface area contributed by atoms with Crippen molar-refractivity contribution < 1.29 is 13.5 Å². The zero-order chi connectivity index (χ0) is 12.9. The van der Waals surface area contributed by atoms with Crippen molar-refractivity contribution in [2.75, 3.05) is 11.5 Å². The molecule has 1 N–H and O–H groups in total. The highest BCUT2D eigenvalue weighted by atomic mass is 32.2. The van der Waals surface area contributed by atoms with E-state index >= 15 is 0 Å². The van der Waals surface area contributed by atoms with Crippen LogP contribution < -0.4 is 0 Å². The van der Waals surface area contributed by atoms with Crippen LogP contribution in [0.2, 0.25) is 0 Å². The molecule has 3 atom stereocenters. The van der Waals surface area contributed by atoms with E-state index in [9.17, 15) is 13.5 Å². The van der Waals surface area contributed by atoms with Crippen molar-refractivity contribution >= 4 is 9.84 Å². The molecule has 1 fully saturated rings. The third-order valence-electron chi connectivity index (χ3n) is 3.94. The van der Waals surface area contributed by atoms with E-state index in [4.69, 9.17) is 0 Å². The zero-order valence-electron chi connectivity index (χ0n) is 11.1. The molecule has 1 aliphatic rings. The number of hydrogen-bond donors (Lipinski definition) is 1. The topological polar surface area (TPSA) is 54.4 Å². The van der Waals surface area contributed by atoms with Crippen molar-refractivity contribution in [3.63, 3.8) is 0 Å². The van der Waals surface area contributed by atoms with Gasteiger partial charge in [-0.2, -0.15) is 0 Å². The monoisotopic (exact) mass is 262 g/mol. The molecule has 0 aromatic rings. The number of aliphatic hydroxyl groups excluding tert-OH is 1. The molecule has 0 aromatic carbocycles. The summed E-state index contributed by atoms with van der Waals surface area (Å²) in [6.07, 6.45) is 5.12. The van der Waals surface area contributed by atoms with Crippen molar-refractivity contribution in [1.29, 1.82) is 0 Å². The van der Waals surface area contributed by atoms with Crippen molar-refractivity contribution in [1.82, 2.24) is 0 Å². The van der Waals surface area contributed by atoms with E-state index in [1.807, 2.05) is 6.92 Å². The van der Waals surface area contributed by atoms with E-state index < -0.39 is 9.84 Å². The van der Waals surface area contributed by atoms with Crippen LogP contribution in [-0.2, 0) is 9.84 Å². The summed E-state index contributed by atoms with van der Waals surface area (Å²) in [5.74, 6) is 1.41. The molecule has 3 nitrogen and oxygen atoms in total. The lowest BCUT2D eigenvalue weighted by atomic mass is 9.77. The van der Waals surface area contributed by atoms with Gasteiger partial charge >= 0.3 is 0 Å². The highest BCUT2D eigenvalue weighted by Gasteiger charge is 2.29. The first-order chi connectivity index (χ1) is 7.98. The molecular formula is C13H26O3S. The molecule has 0 amide bonds. The molecule has 0 saturated heterocycles. The summed E-state index contributed by atoms with van der Waals surface area (Å²) in [5.41, 5.74) is 0. The van der Waals surface area contributed by atoms with Gasteiger partial charge in [0.25, 0.3) is 0 Å². The molecule has 0 aliphatic heterocycles. The summed E-state index contributed by atoms with van der Waals surface area (Å²) >= 11 is 0. The van der Waals surface area contributed by atoms with Gasteiger partial charge in [-0.15, -0.1) is 0 Å². The Labute approximate surface area is 106 Å². The minimum Gasteiger partial charge on any atom is -0.393 e. The van der Waals surface area contributed by atoms with E-state index in [0.29, 0.717) is 18.8 Å². The molecule has 3 unspecified atom stereocenters. The second-order valence-electron chi connectivity index (χ2n) is 5.36. The molecule has 1 rings (SSSR count). The molecule has 0 heterocycles. The van der Waals surface area contributed by atoms with E-state index in [0.717, 1.165) is 25.7 Å². The average Bonchev–Trinajstić information content (AvgIpc) is 2.28. The molecule has 0 radical (unpaired) electrons. The fourth-order valence-electron chi connectivity index (χ4n) is 2.77. The van der Waals surface area contributed by atoms with E-state index in [-0.39, 0.29) is 23.5 Å². The Morgan fingerprint density at radius 2 is 1.88 bits per heavy atom. The predicted octanol–water partition coefficient (Wildman–Crippen LogP) is 2.39. The Kier molecular flexibility index (Phi) is 5.93. The molecule has 102 valence electrons. The van der Waals surface area contributed by atoms with Crippen LogP contribution >= 0.6 is 0 Å². The maximum Gasteiger partial charge on any atom is 0.150 e. The van der Waals surface area contributed by atoms with Crippen LogP contribution in [0.15, 0.2) is 0 Å². The molecule has 4 heteroatoms. The SMILES string of the molecule is CCCS(=O)(=O)CCC1CC(CC)CCC1O. The molecule has 1 saturated carbocycles. The predicted molar refractivity (Wildman–Crippen MR) is 70.7 cm³/mol. The van der Waals surface area contributed by atoms with Gasteiger partial charge in [0, 0.05) is 5.75 Å². The second-order valence-corrected chi connectivity index (χ2v) is 7.66. The van der Waals surface area contributed by atoms with Gasteiger partial charge < -0.3 is 5.11 Å². The molecular weight excluding hydrogens is 236 g/mol. The largest absolute Gasteiger partial charge is 0.393 e. The third-order valence-corrected chi connectivity index (χ3v) is 5.83. The van der Waals surface area contributed by atoms with E-state index in [1.165, 1.54) is 0 Å². The summed E-state index contributed by atoms with van der Waals surface area (Å²) in [6.45, 7) is 4.06. The Hall–Kier alpha value is -0.0900. The maximum atomic E-state index is 11.6. The van der Waals surface area contributed by atoms with Crippen molar-refractivity contribution in [3.05, 3.63) is 0 Å². The highest BCUT2D eigenvalue weighted by Crippen LogP contribution is 2.33. The Morgan fingerprint density at radius 1 is 1.18 bits per heavy atom. The lowest BCUT2D eigenvalue weighted by molar-refractivity contribution is 0.0459. The normalized spacial score (nSPS) is 30.4. The van der Waals surface area contributed by atoms with Crippen molar-refractivity contribution in [2.45, 2.75) is 58.5 Å². The third kappa shape index (κ3) is 4.96. The zero-order valence-corrected chi connectivity index (χ0v) is 11.9. The van der Waals surface area contributed by atoms with Gasteiger partial charge in [-0.3, -0.25) is 0 Å². The molecule has 0 aromatic heterocycles. The number of hydrogen-bond acceptors (Lipinski definition) is 3. The minimum atomic E-state index is -2.89. The molecule has 0 spiro atoms. The summed E-state index contributed by atoms with van der Waals surface area (Å²) < 4.78 is 23.3. The first-order valence-corrected chi connectivity index (χ1v) is 8.69. The van der Waals surface area contributed by atoms with E-state index in [1.54, 1.807) is 0 Å². The number of rotatable bonds is 6. The average molecular weight is 262 g/mol. The minimum absolute atomic E-state index is 0.195. The smallest absolute Gasteiger partial charge is 0.150 e. The van der Waals surface area contributed by atoms with Crippen LogP contribution in [0.1, 0.15) is 52.4 Å². The fraction of sp³-hybridized carbons (Fsp3) is 1.00. The first-order valence-electron chi connectivity index (χ1n) is 6.87. The van der Waals surface area contributed by atoms with Crippen molar-refractivity contribution in [2.24, 2.45) is 11.8 Å². The van der Waals surface area contributed by atoms with Crippen LogP contribution in [0.25, 0.3) is 0 Å². The molecule has 0 bridgehead atoms. The number of aliphatic hydroxyl groups is 1. The van der Waals surface area contributed by atoms with Gasteiger partial charge in [0.1, 0.15) is 9.84 Å². The van der Waals surface area contributed by atoms with Gasteiger partial charge in [0.15, 0.2) is 0 Å². The van der Waals surface area contributed by atoms with Crippen LogP contribution in [0.3, 0.4) is 0 Å². The van der Waals surface area contributed by atoms with Gasteiger partial charge in [-0.25, -0.2) is 8.42 Å². The summed E-state index contributed by atoms with van der Waals surface area (Å²) in [6, 6.07) is 0. The van der Waals surface area contributed by atoms with Crippen molar-refractivity contribution in [3.8, 4) is 0 Å². The Balaban J connectivity index is 2.44. The van der Waals surface area contributed by atoms with Gasteiger partial charge in [0.05, 0.1) is 11.9 Å². The molecule has 17 heavy (non-hydrogen) atoms. The van der Waals surface area contributed by atoms with E-state index in [2.05, 4.69) is 6.92 Å². The Morgan fingerprint density at radius 3 is 2.47 bits per heavy atom. The fourth-order valence-corrected chi connectivity index (χ4v) is 4.26. The maximum absolute atomic E-state index is 11.6. The first kappa shape index (κ1) is 15.0. The van der Waals surface area contributed by atoms with Crippen LogP contribution in [0.5, 0.6) is 0 Å². The van der Waals surface area contributed by atoms with Crippen LogP contribution in [0, 0.1) is 11.8 Å². The summed E-state index contributed by atoms with van der Waals surface area (Å²) in [5, 5.41) is 9.91. The van der Waals surface area contributed by atoms with Gasteiger partial charge in [-0.05, 0) is 43.9 Å². The lowest BCUT2D eigenvalue weighted by Crippen LogP contribution is -2.30. The second kappa shape index (κ2) is 6.74. The highest BCUT2D eigenvalue weighted by molar-refractivity contribution is 7.91. The summed E-state index contributed by atoms with van der Waals surface area (Å²) in [4.78, 5) is 0. The molecule has 1 aliphatic carbocycles. The number of sulfone groups is 1. The summed E-state index contributed by atoms with van der Waals surface area (Å²) in [7, 11) is -2.89. The Bertz CT molecular complexity index is 311. The quantitative estimate of drug-likeness (QED) is 0.799. The van der Waals surface area contributed by atoms with Crippen LogP contribution in [0.4, 0.5) is 0 Å². The lowest BCUT2D eigenvalue weighted by Gasteiger charge is -2.32. The van der Waals surface area contributed by atoms with Gasteiger partial charge in [0.2, 0.25) is 0 Å².